The second-order valence-corrected chi connectivity index (χ2v) is 6.65. The third kappa shape index (κ3) is 2.59. The van der Waals surface area contributed by atoms with Gasteiger partial charge < -0.3 is 20.3 Å². The van der Waals surface area contributed by atoms with Crippen LogP contribution in [0.2, 0.25) is 5.02 Å². The summed E-state index contributed by atoms with van der Waals surface area (Å²) >= 11 is 6.14. The van der Waals surface area contributed by atoms with E-state index in [2.05, 4.69) is 4.99 Å². The first kappa shape index (κ1) is 17.2. The first-order valence-corrected chi connectivity index (χ1v) is 8.39. The van der Waals surface area contributed by atoms with Gasteiger partial charge in [-0.05, 0) is 25.1 Å². The molecule has 1 aromatic rings. The number of rotatable bonds is 3. The van der Waals surface area contributed by atoms with E-state index in [1.165, 1.54) is 0 Å². The SMILES string of the molecule is CCOC1=[N+](C)CC(OC)C(C2(O)C(N)=Nc3ccc(Cl)cc32)C1. The zero-order valence-corrected chi connectivity index (χ0v) is 14.9. The van der Waals surface area contributed by atoms with Crippen LogP contribution in [0.4, 0.5) is 5.69 Å². The van der Waals surface area contributed by atoms with Crippen LogP contribution in [0.25, 0.3) is 0 Å². The molecule has 1 aromatic carbocycles. The van der Waals surface area contributed by atoms with Crippen LogP contribution in [0.5, 0.6) is 0 Å². The minimum Gasteiger partial charge on any atom is -0.448 e. The van der Waals surface area contributed by atoms with Gasteiger partial charge in [0.25, 0.3) is 0 Å². The van der Waals surface area contributed by atoms with Gasteiger partial charge in [0.2, 0.25) is 0 Å². The number of amidine groups is 1. The molecule has 2 aliphatic rings. The van der Waals surface area contributed by atoms with Crippen LogP contribution in [0.3, 0.4) is 0 Å². The predicted molar refractivity (Wildman–Crippen MR) is 93.2 cm³/mol. The molecule has 2 heterocycles. The fourth-order valence-corrected chi connectivity index (χ4v) is 3.79. The van der Waals surface area contributed by atoms with E-state index in [0.29, 0.717) is 35.8 Å². The van der Waals surface area contributed by atoms with Crippen LogP contribution >= 0.6 is 11.6 Å². The summed E-state index contributed by atoms with van der Waals surface area (Å²) in [6, 6.07) is 5.24. The predicted octanol–water partition coefficient (Wildman–Crippen LogP) is 1.64. The van der Waals surface area contributed by atoms with Crippen LogP contribution in [-0.4, -0.2) is 54.8 Å². The average molecular weight is 353 g/mol. The number of likely N-dealkylation sites (N-methyl/N-ethyl adjacent to an activating group) is 1. The Hall–Kier alpha value is -1.63. The molecule has 0 aromatic heterocycles. The zero-order chi connectivity index (χ0) is 17.5. The number of benzene rings is 1. The van der Waals surface area contributed by atoms with Gasteiger partial charge >= 0.3 is 5.90 Å². The molecule has 24 heavy (non-hydrogen) atoms. The number of nitrogens with zero attached hydrogens (tertiary/aromatic N) is 2. The second-order valence-electron chi connectivity index (χ2n) is 6.22. The zero-order valence-electron chi connectivity index (χ0n) is 14.1. The Morgan fingerprint density at radius 2 is 2.25 bits per heavy atom. The summed E-state index contributed by atoms with van der Waals surface area (Å²) in [4.78, 5) is 4.35. The average Bonchev–Trinajstić information content (AvgIpc) is 2.81. The number of methoxy groups -OCH3 is 1. The quantitative estimate of drug-likeness (QED) is 0.810. The van der Waals surface area contributed by atoms with Crippen molar-refractivity contribution < 1.29 is 19.2 Å². The van der Waals surface area contributed by atoms with Gasteiger partial charge in [0.1, 0.15) is 19.0 Å². The highest BCUT2D eigenvalue weighted by Crippen LogP contribution is 2.46. The van der Waals surface area contributed by atoms with Gasteiger partial charge in [-0.2, -0.15) is 0 Å². The van der Waals surface area contributed by atoms with E-state index in [0.717, 1.165) is 5.90 Å². The molecule has 0 radical (unpaired) electrons. The number of hydrogen-bond acceptors (Lipinski definition) is 5. The van der Waals surface area contributed by atoms with E-state index in [1.54, 1.807) is 25.3 Å². The van der Waals surface area contributed by atoms with Crippen molar-refractivity contribution in [2.75, 3.05) is 27.3 Å². The normalized spacial score (nSPS) is 29.5. The third-order valence-corrected chi connectivity index (χ3v) is 5.11. The van der Waals surface area contributed by atoms with Gasteiger partial charge in [0, 0.05) is 23.6 Å². The maximum absolute atomic E-state index is 11.6. The molecule has 3 unspecified atom stereocenters. The molecule has 0 fully saturated rings. The minimum atomic E-state index is -1.43. The molecule has 7 heteroatoms. The summed E-state index contributed by atoms with van der Waals surface area (Å²) in [6.45, 7) is 3.10. The summed E-state index contributed by atoms with van der Waals surface area (Å²) < 4.78 is 13.4. The number of fused-ring (bicyclic) bond motifs is 1. The maximum Gasteiger partial charge on any atom is 0.336 e. The molecule has 0 saturated carbocycles. The maximum atomic E-state index is 11.6. The van der Waals surface area contributed by atoms with Crippen molar-refractivity contribution in [2.24, 2.45) is 16.6 Å². The highest BCUT2D eigenvalue weighted by molar-refractivity contribution is 6.30. The Morgan fingerprint density at radius 3 is 2.92 bits per heavy atom. The van der Waals surface area contributed by atoms with Crippen molar-refractivity contribution in [1.29, 1.82) is 0 Å². The number of nitrogens with two attached hydrogens (primary N) is 1. The van der Waals surface area contributed by atoms with Crippen molar-refractivity contribution in [2.45, 2.75) is 25.0 Å². The van der Waals surface area contributed by atoms with Crippen LogP contribution < -0.4 is 5.73 Å². The van der Waals surface area contributed by atoms with E-state index in [1.807, 2.05) is 18.5 Å². The first-order chi connectivity index (χ1) is 11.4. The van der Waals surface area contributed by atoms with Gasteiger partial charge in [-0.15, -0.1) is 0 Å². The summed E-state index contributed by atoms with van der Waals surface area (Å²) in [7, 11) is 3.59. The molecule has 0 saturated heterocycles. The number of hydrogen-bond donors (Lipinski definition) is 2. The van der Waals surface area contributed by atoms with Crippen molar-refractivity contribution in [1.82, 2.24) is 0 Å². The Kier molecular flexibility index (Phi) is 4.55. The lowest BCUT2D eigenvalue weighted by Gasteiger charge is -2.38. The molecular weight excluding hydrogens is 330 g/mol. The molecule has 3 atom stereocenters. The van der Waals surface area contributed by atoms with E-state index in [9.17, 15) is 5.11 Å². The third-order valence-electron chi connectivity index (χ3n) is 4.87. The smallest absolute Gasteiger partial charge is 0.336 e. The van der Waals surface area contributed by atoms with Crippen molar-refractivity contribution in [3.8, 4) is 0 Å². The van der Waals surface area contributed by atoms with Gasteiger partial charge in [-0.3, -0.25) is 0 Å². The van der Waals surface area contributed by atoms with Crippen molar-refractivity contribution >= 4 is 29.0 Å². The van der Waals surface area contributed by atoms with E-state index >= 15 is 0 Å². The van der Waals surface area contributed by atoms with Gasteiger partial charge in [-0.1, -0.05) is 11.6 Å². The first-order valence-electron chi connectivity index (χ1n) is 8.01. The molecule has 130 valence electrons. The van der Waals surface area contributed by atoms with Crippen molar-refractivity contribution in [3.63, 3.8) is 0 Å². The van der Waals surface area contributed by atoms with Crippen LogP contribution in [0.1, 0.15) is 18.9 Å². The molecule has 0 amide bonds. The Labute approximate surface area is 146 Å². The lowest BCUT2D eigenvalue weighted by atomic mass is 9.75. The number of aliphatic imine (C=N–C) groups is 1. The lowest BCUT2D eigenvalue weighted by Crippen LogP contribution is -2.55. The monoisotopic (exact) mass is 352 g/mol. The van der Waals surface area contributed by atoms with E-state index in [-0.39, 0.29) is 17.9 Å². The number of halogens is 1. The Balaban J connectivity index is 2.06. The highest BCUT2D eigenvalue weighted by atomic mass is 35.5. The molecule has 3 rings (SSSR count). The highest BCUT2D eigenvalue weighted by Gasteiger charge is 2.54. The molecule has 3 N–H and O–H groups in total. The molecule has 0 spiro atoms. The summed E-state index contributed by atoms with van der Waals surface area (Å²) in [5.41, 5.74) is 6.00. The summed E-state index contributed by atoms with van der Waals surface area (Å²) in [5, 5.41) is 12.1. The van der Waals surface area contributed by atoms with Crippen LogP contribution in [-0.2, 0) is 15.1 Å². The van der Waals surface area contributed by atoms with Crippen LogP contribution in [0.15, 0.2) is 23.2 Å². The fourth-order valence-electron chi connectivity index (χ4n) is 3.62. The van der Waals surface area contributed by atoms with Gasteiger partial charge in [-0.25, -0.2) is 9.57 Å². The van der Waals surface area contributed by atoms with Crippen LogP contribution in [0, 0.1) is 5.92 Å². The standard InChI is InChI=1S/C17H23ClN3O3/c1-4-24-15-8-12(14(23-3)9-21(15)2)17(22)11-7-10(18)5-6-13(11)20-16(17)19/h5-7,12,14,22H,4,8-9H2,1-3H3,(H2,19,20)/q+1. The van der Waals surface area contributed by atoms with E-state index in [4.69, 9.17) is 26.8 Å². The lowest BCUT2D eigenvalue weighted by molar-refractivity contribution is -0.527. The largest absolute Gasteiger partial charge is 0.448 e. The summed E-state index contributed by atoms with van der Waals surface area (Å²) in [6.07, 6.45) is 0.282. The van der Waals surface area contributed by atoms with Gasteiger partial charge in [0.15, 0.2) is 12.1 Å². The molecular formula is C17H23ClN3O3+. The van der Waals surface area contributed by atoms with E-state index < -0.39 is 5.60 Å². The molecule has 2 aliphatic heterocycles. The van der Waals surface area contributed by atoms with Gasteiger partial charge in [0.05, 0.1) is 18.7 Å². The van der Waals surface area contributed by atoms with Crippen molar-refractivity contribution in [3.05, 3.63) is 28.8 Å². The Morgan fingerprint density at radius 1 is 1.50 bits per heavy atom. The molecule has 6 nitrogen and oxygen atoms in total. The second kappa shape index (κ2) is 6.35. The minimum absolute atomic E-state index is 0.173. The summed E-state index contributed by atoms with van der Waals surface area (Å²) in [5.74, 6) is 0.670. The fraction of sp³-hybridized carbons (Fsp3) is 0.529. The molecule has 0 aliphatic carbocycles. The topological polar surface area (TPSA) is 80.1 Å². The number of aliphatic hydroxyl groups is 1. The number of ether oxygens (including phenoxy) is 2. The molecule has 0 bridgehead atoms. The Bertz CT molecular complexity index is 719.